The summed E-state index contributed by atoms with van der Waals surface area (Å²) in [5.41, 5.74) is 7.09. The van der Waals surface area contributed by atoms with E-state index in [2.05, 4.69) is 0 Å². The van der Waals surface area contributed by atoms with Crippen LogP contribution in [-0.2, 0) is 16.1 Å². The fraction of sp³-hybridized carbons (Fsp3) is 0.391. The lowest BCUT2D eigenvalue weighted by atomic mass is 10.0. The average Bonchev–Trinajstić information content (AvgIpc) is 2.91. The first kappa shape index (κ1) is 20.9. The Bertz CT molecular complexity index is 823. The number of amides is 2. The standard InChI is InChI=1S/C23H29N3O3/c1-17(27)26-15-19(10-11-20(24)16-26)23(28)25(2)14-18-8-12-22(13-9-18)29-21-6-4-3-5-7-21/h3-9,12-13,19-20H,10-11,14-16,24H2,1-2H3/t19-,20+/m1/s1. The summed E-state index contributed by atoms with van der Waals surface area (Å²) in [7, 11) is 1.81. The van der Waals surface area contributed by atoms with E-state index in [0.717, 1.165) is 23.5 Å². The van der Waals surface area contributed by atoms with E-state index in [1.807, 2.05) is 54.6 Å². The second-order valence-corrected chi connectivity index (χ2v) is 7.71. The average molecular weight is 396 g/mol. The minimum Gasteiger partial charge on any atom is -0.457 e. The first-order valence-electron chi connectivity index (χ1n) is 10.0. The van der Waals surface area contributed by atoms with Gasteiger partial charge < -0.3 is 20.3 Å². The Labute approximate surface area is 172 Å². The fourth-order valence-electron chi connectivity index (χ4n) is 3.63. The molecule has 1 saturated heterocycles. The fourth-order valence-corrected chi connectivity index (χ4v) is 3.63. The molecule has 1 fully saturated rings. The number of nitrogens with zero attached hydrogens (tertiary/aromatic N) is 2. The molecule has 1 heterocycles. The molecule has 0 saturated carbocycles. The normalized spacial score (nSPS) is 19.3. The number of rotatable bonds is 5. The minimum atomic E-state index is -0.210. The lowest BCUT2D eigenvalue weighted by Gasteiger charge is -2.27. The zero-order chi connectivity index (χ0) is 20.8. The van der Waals surface area contributed by atoms with Crippen molar-refractivity contribution < 1.29 is 14.3 Å². The van der Waals surface area contributed by atoms with E-state index < -0.39 is 0 Å². The number of ether oxygens (including phenoxy) is 1. The van der Waals surface area contributed by atoms with E-state index in [-0.39, 0.29) is 23.8 Å². The van der Waals surface area contributed by atoms with Gasteiger partial charge in [0.2, 0.25) is 11.8 Å². The number of carbonyl (C=O) groups excluding carboxylic acids is 2. The van der Waals surface area contributed by atoms with Crippen LogP contribution in [0.25, 0.3) is 0 Å². The molecule has 0 aromatic heterocycles. The molecule has 6 heteroatoms. The van der Waals surface area contributed by atoms with E-state index in [1.165, 1.54) is 6.92 Å². The zero-order valence-electron chi connectivity index (χ0n) is 17.1. The van der Waals surface area contributed by atoms with Crippen LogP contribution in [0.2, 0.25) is 0 Å². The van der Waals surface area contributed by atoms with Crippen molar-refractivity contribution in [3.8, 4) is 11.5 Å². The van der Waals surface area contributed by atoms with Crippen molar-refractivity contribution in [3.05, 3.63) is 60.2 Å². The van der Waals surface area contributed by atoms with Crippen molar-refractivity contribution in [2.45, 2.75) is 32.4 Å². The molecule has 3 rings (SSSR count). The third-order valence-corrected chi connectivity index (χ3v) is 5.27. The summed E-state index contributed by atoms with van der Waals surface area (Å²) < 4.78 is 5.81. The predicted molar refractivity (Wildman–Crippen MR) is 112 cm³/mol. The summed E-state index contributed by atoms with van der Waals surface area (Å²) in [4.78, 5) is 28.2. The molecule has 0 spiro atoms. The number of benzene rings is 2. The maximum atomic E-state index is 13.0. The van der Waals surface area contributed by atoms with Crippen LogP contribution in [-0.4, -0.2) is 47.8 Å². The van der Waals surface area contributed by atoms with Crippen molar-refractivity contribution >= 4 is 11.8 Å². The molecule has 0 unspecified atom stereocenters. The molecule has 2 atom stereocenters. The lowest BCUT2D eigenvalue weighted by molar-refractivity contribution is -0.137. The van der Waals surface area contributed by atoms with Crippen LogP contribution >= 0.6 is 0 Å². The predicted octanol–water partition coefficient (Wildman–Crippen LogP) is 3.02. The molecule has 0 bridgehead atoms. The SMILES string of the molecule is CC(=O)N1C[C@@H](N)CC[C@@H](C(=O)N(C)Cc2ccc(Oc3ccccc3)cc2)C1. The van der Waals surface area contributed by atoms with Gasteiger partial charge >= 0.3 is 0 Å². The maximum absolute atomic E-state index is 13.0. The van der Waals surface area contributed by atoms with Crippen LogP contribution in [0.3, 0.4) is 0 Å². The van der Waals surface area contributed by atoms with Crippen molar-refractivity contribution in [1.82, 2.24) is 9.80 Å². The van der Waals surface area contributed by atoms with E-state index in [9.17, 15) is 9.59 Å². The summed E-state index contributed by atoms with van der Waals surface area (Å²) in [6, 6.07) is 17.3. The van der Waals surface area contributed by atoms with Gasteiger partial charge in [-0.05, 0) is 42.7 Å². The van der Waals surface area contributed by atoms with Crippen molar-refractivity contribution in [2.24, 2.45) is 11.7 Å². The largest absolute Gasteiger partial charge is 0.457 e. The first-order valence-corrected chi connectivity index (χ1v) is 10.0. The van der Waals surface area contributed by atoms with Gasteiger partial charge in [0.05, 0.1) is 5.92 Å². The highest BCUT2D eigenvalue weighted by Gasteiger charge is 2.30. The monoisotopic (exact) mass is 395 g/mol. The summed E-state index contributed by atoms with van der Waals surface area (Å²) >= 11 is 0. The van der Waals surface area contributed by atoms with Gasteiger partial charge in [-0.1, -0.05) is 30.3 Å². The van der Waals surface area contributed by atoms with E-state index in [0.29, 0.717) is 26.1 Å². The second kappa shape index (κ2) is 9.56. The number of nitrogens with two attached hydrogens (primary N) is 1. The van der Waals surface area contributed by atoms with Crippen LogP contribution in [0.15, 0.2) is 54.6 Å². The van der Waals surface area contributed by atoms with Gasteiger partial charge in [-0.3, -0.25) is 9.59 Å². The Morgan fingerprint density at radius 3 is 2.34 bits per heavy atom. The maximum Gasteiger partial charge on any atom is 0.227 e. The molecule has 2 amide bonds. The Hall–Kier alpha value is -2.86. The van der Waals surface area contributed by atoms with Crippen LogP contribution in [0.1, 0.15) is 25.3 Å². The summed E-state index contributed by atoms with van der Waals surface area (Å²) in [5, 5.41) is 0. The van der Waals surface area contributed by atoms with Gasteiger partial charge in [-0.2, -0.15) is 0 Å². The van der Waals surface area contributed by atoms with Gasteiger partial charge in [0.15, 0.2) is 0 Å². The molecule has 0 aliphatic carbocycles. The summed E-state index contributed by atoms with van der Waals surface area (Å²) in [5.74, 6) is 1.35. The smallest absolute Gasteiger partial charge is 0.227 e. The minimum absolute atomic E-state index is 0.0307. The molecular formula is C23H29N3O3. The highest BCUT2D eigenvalue weighted by atomic mass is 16.5. The lowest BCUT2D eigenvalue weighted by Crippen LogP contribution is -2.42. The van der Waals surface area contributed by atoms with Gasteiger partial charge in [0.25, 0.3) is 0 Å². The van der Waals surface area contributed by atoms with E-state index in [1.54, 1.807) is 16.8 Å². The second-order valence-electron chi connectivity index (χ2n) is 7.71. The molecular weight excluding hydrogens is 366 g/mol. The molecule has 1 aliphatic rings. The highest BCUT2D eigenvalue weighted by molar-refractivity contribution is 5.80. The van der Waals surface area contributed by atoms with Gasteiger partial charge in [0, 0.05) is 39.6 Å². The van der Waals surface area contributed by atoms with Crippen LogP contribution < -0.4 is 10.5 Å². The molecule has 2 aromatic rings. The third kappa shape index (κ3) is 5.81. The summed E-state index contributed by atoms with van der Waals surface area (Å²) in [6.07, 6.45) is 1.46. The Morgan fingerprint density at radius 1 is 1.03 bits per heavy atom. The molecule has 29 heavy (non-hydrogen) atoms. The van der Waals surface area contributed by atoms with Gasteiger partial charge in [0.1, 0.15) is 11.5 Å². The third-order valence-electron chi connectivity index (χ3n) is 5.27. The van der Waals surface area contributed by atoms with Gasteiger partial charge in [-0.25, -0.2) is 0 Å². The van der Waals surface area contributed by atoms with Crippen molar-refractivity contribution in [3.63, 3.8) is 0 Å². The molecule has 2 N–H and O–H groups in total. The van der Waals surface area contributed by atoms with E-state index in [4.69, 9.17) is 10.5 Å². The summed E-state index contributed by atoms with van der Waals surface area (Å²) in [6.45, 7) is 3.00. The number of para-hydroxylation sites is 1. The molecule has 0 radical (unpaired) electrons. The van der Waals surface area contributed by atoms with Crippen LogP contribution in [0, 0.1) is 5.92 Å². The van der Waals surface area contributed by atoms with E-state index >= 15 is 0 Å². The molecule has 1 aliphatic heterocycles. The Balaban J connectivity index is 1.59. The van der Waals surface area contributed by atoms with Crippen molar-refractivity contribution in [2.75, 3.05) is 20.1 Å². The molecule has 6 nitrogen and oxygen atoms in total. The number of hydrogen-bond acceptors (Lipinski definition) is 4. The number of likely N-dealkylation sites (tertiary alicyclic amines) is 1. The number of hydrogen-bond donors (Lipinski definition) is 1. The molecule has 154 valence electrons. The quantitative estimate of drug-likeness (QED) is 0.844. The topological polar surface area (TPSA) is 75.9 Å². The van der Waals surface area contributed by atoms with Gasteiger partial charge in [-0.15, -0.1) is 0 Å². The first-order chi connectivity index (χ1) is 13.9. The number of carbonyl (C=O) groups is 2. The molecule has 2 aromatic carbocycles. The van der Waals surface area contributed by atoms with Crippen LogP contribution in [0.5, 0.6) is 11.5 Å². The van der Waals surface area contributed by atoms with Crippen LogP contribution in [0.4, 0.5) is 0 Å². The Morgan fingerprint density at radius 2 is 1.69 bits per heavy atom. The zero-order valence-corrected chi connectivity index (χ0v) is 17.1. The van der Waals surface area contributed by atoms with Crippen molar-refractivity contribution in [1.29, 1.82) is 0 Å². The highest BCUT2D eigenvalue weighted by Crippen LogP contribution is 2.23. The Kier molecular flexibility index (Phi) is 6.88.